The molecule has 0 bridgehead atoms. The minimum atomic E-state index is 0.198. The maximum absolute atomic E-state index is 12.0. The molecule has 1 aliphatic carbocycles. The van der Waals surface area contributed by atoms with Crippen LogP contribution in [0.2, 0.25) is 0 Å². The highest BCUT2D eigenvalue weighted by Crippen LogP contribution is 2.44. The quantitative estimate of drug-likeness (QED) is 0.941. The molecule has 116 valence electrons. The molecule has 2 aromatic rings. The van der Waals surface area contributed by atoms with Crippen molar-refractivity contribution < 1.29 is 4.79 Å². The number of Topliss-reactive ketones (excluding diaryl/α,β-unsaturated/α-hetero) is 1. The summed E-state index contributed by atoms with van der Waals surface area (Å²) in [5.41, 5.74) is 4.16. The van der Waals surface area contributed by atoms with Crippen LogP contribution in [0.5, 0.6) is 0 Å². The number of piperidine rings is 1. The Morgan fingerprint density at radius 3 is 3.05 bits per heavy atom. The van der Waals surface area contributed by atoms with Gasteiger partial charge in [0, 0.05) is 41.5 Å². The smallest absolute Gasteiger partial charge is 0.134 e. The monoisotopic (exact) mass is 296 g/mol. The van der Waals surface area contributed by atoms with Gasteiger partial charge in [0.05, 0.1) is 0 Å². The number of likely N-dealkylation sites (tertiary alicyclic amines) is 1. The van der Waals surface area contributed by atoms with Crippen LogP contribution in [0, 0.1) is 5.92 Å². The fraction of sp³-hybridized carbons (Fsp3) is 0.526. The lowest BCUT2D eigenvalue weighted by Gasteiger charge is -2.46. The normalized spacial score (nSPS) is 27.8. The standard InChI is InChI=1S/C19H24N2O/c1-3-7-21-11-14(12(2)22)8-16-15-5-4-6-17-19(15)13(10-20-17)9-18(16)21/h4-6,10,14,16,18,20H,3,7-9,11H2,1-2H3/t14-,16-,18-/m1/s1. The molecular weight excluding hydrogens is 272 g/mol. The topological polar surface area (TPSA) is 36.1 Å². The largest absolute Gasteiger partial charge is 0.361 e. The van der Waals surface area contributed by atoms with E-state index in [2.05, 4.69) is 41.2 Å². The molecule has 3 heteroatoms. The van der Waals surface area contributed by atoms with E-state index in [1.807, 2.05) is 0 Å². The van der Waals surface area contributed by atoms with Gasteiger partial charge < -0.3 is 4.98 Å². The highest BCUT2D eigenvalue weighted by molar-refractivity contribution is 5.88. The summed E-state index contributed by atoms with van der Waals surface area (Å²) < 4.78 is 0. The lowest BCUT2D eigenvalue weighted by molar-refractivity contribution is -0.123. The van der Waals surface area contributed by atoms with Crippen LogP contribution < -0.4 is 0 Å². The third kappa shape index (κ3) is 2.03. The predicted molar refractivity (Wildman–Crippen MR) is 89.2 cm³/mol. The van der Waals surface area contributed by atoms with Gasteiger partial charge in [0.2, 0.25) is 0 Å². The third-order valence-electron chi connectivity index (χ3n) is 5.66. The van der Waals surface area contributed by atoms with Crippen molar-refractivity contribution in [2.24, 2.45) is 5.92 Å². The Bertz CT molecular complexity index is 717. The van der Waals surface area contributed by atoms with E-state index in [9.17, 15) is 4.79 Å². The first-order valence-electron chi connectivity index (χ1n) is 8.52. The van der Waals surface area contributed by atoms with Crippen molar-refractivity contribution in [3.05, 3.63) is 35.5 Å². The Labute approximate surface area is 131 Å². The molecule has 1 saturated heterocycles. The SMILES string of the molecule is CCCN1C[C@H](C(C)=O)C[C@@H]2c3cccc4[nH]cc(c34)C[C@H]21. The van der Waals surface area contributed by atoms with Crippen molar-refractivity contribution >= 4 is 16.7 Å². The van der Waals surface area contributed by atoms with Crippen LogP contribution in [0.3, 0.4) is 0 Å². The Morgan fingerprint density at radius 2 is 2.27 bits per heavy atom. The first kappa shape index (κ1) is 14.0. The molecular formula is C19H24N2O. The van der Waals surface area contributed by atoms with Crippen LogP contribution in [0.25, 0.3) is 10.9 Å². The lowest BCUT2D eigenvalue weighted by atomic mass is 9.71. The number of H-pyrrole nitrogens is 1. The summed E-state index contributed by atoms with van der Waals surface area (Å²) in [5, 5.41) is 1.42. The van der Waals surface area contributed by atoms with Crippen LogP contribution >= 0.6 is 0 Å². The van der Waals surface area contributed by atoms with E-state index < -0.39 is 0 Å². The van der Waals surface area contributed by atoms with Crippen molar-refractivity contribution in [3.63, 3.8) is 0 Å². The van der Waals surface area contributed by atoms with Crippen LogP contribution in [-0.2, 0) is 11.2 Å². The number of hydrogen-bond donors (Lipinski definition) is 1. The minimum absolute atomic E-state index is 0.198. The predicted octanol–water partition coefficient (Wildman–Crippen LogP) is 3.50. The van der Waals surface area contributed by atoms with Crippen molar-refractivity contribution in [1.82, 2.24) is 9.88 Å². The first-order chi connectivity index (χ1) is 10.7. The molecule has 1 N–H and O–H groups in total. The Morgan fingerprint density at radius 1 is 1.41 bits per heavy atom. The fourth-order valence-corrected chi connectivity index (χ4v) is 4.64. The maximum atomic E-state index is 12.0. The van der Waals surface area contributed by atoms with Gasteiger partial charge in [-0.2, -0.15) is 0 Å². The highest BCUT2D eigenvalue weighted by atomic mass is 16.1. The molecule has 0 radical (unpaired) electrons. The zero-order chi connectivity index (χ0) is 15.3. The van der Waals surface area contributed by atoms with Crippen LogP contribution in [0.4, 0.5) is 0 Å². The van der Waals surface area contributed by atoms with Crippen LogP contribution in [0.15, 0.2) is 24.4 Å². The minimum Gasteiger partial charge on any atom is -0.361 e. The molecule has 2 heterocycles. The Hall–Kier alpha value is -1.61. The molecule has 1 aromatic carbocycles. The first-order valence-corrected chi connectivity index (χ1v) is 8.52. The van der Waals surface area contributed by atoms with Crippen molar-refractivity contribution in [1.29, 1.82) is 0 Å². The number of carbonyl (C=O) groups is 1. The van der Waals surface area contributed by atoms with Gasteiger partial charge in [-0.15, -0.1) is 0 Å². The van der Waals surface area contributed by atoms with Crippen LogP contribution in [0.1, 0.15) is 43.7 Å². The van der Waals surface area contributed by atoms with Crippen molar-refractivity contribution in [2.45, 2.75) is 45.1 Å². The second-order valence-corrected chi connectivity index (χ2v) is 7.00. The molecule has 2 aliphatic rings. The van der Waals surface area contributed by atoms with Gasteiger partial charge in [-0.05, 0) is 49.9 Å². The number of aromatic nitrogens is 1. The summed E-state index contributed by atoms with van der Waals surface area (Å²) in [6.45, 7) is 6.04. The molecule has 3 nitrogen and oxygen atoms in total. The number of hydrogen-bond acceptors (Lipinski definition) is 2. The molecule has 0 saturated carbocycles. The average molecular weight is 296 g/mol. The summed E-state index contributed by atoms with van der Waals surface area (Å²) in [5.74, 6) is 1.05. The number of ketones is 1. The molecule has 0 unspecified atom stereocenters. The molecule has 1 fully saturated rings. The number of rotatable bonds is 3. The summed E-state index contributed by atoms with van der Waals surface area (Å²) >= 11 is 0. The summed E-state index contributed by atoms with van der Waals surface area (Å²) in [6.07, 6.45) is 5.47. The van der Waals surface area contributed by atoms with E-state index in [1.165, 1.54) is 22.0 Å². The number of nitrogens with one attached hydrogen (secondary N) is 1. The van der Waals surface area contributed by atoms with Crippen molar-refractivity contribution in [3.8, 4) is 0 Å². The Kier molecular flexibility index (Phi) is 3.33. The number of benzene rings is 1. The molecule has 1 aliphatic heterocycles. The second-order valence-electron chi connectivity index (χ2n) is 7.00. The van der Waals surface area contributed by atoms with E-state index in [1.54, 1.807) is 6.92 Å². The average Bonchev–Trinajstić information content (AvgIpc) is 2.93. The van der Waals surface area contributed by atoms with Gasteiger partial charge in [-0.3, -0.25) is 9.69 Å². The molecule has 1 aromatic heterocycles. The highest BCUT2D eigenvalue weighted by Gasteiger charge is 2.41. The van der Waals surface area contributed by atoms with Gasteiger partial charge in [0.25, 0.3) is 0 Å². The molecule has 22 heavy (non-hydrogen) atoms. The number of carbonyl (C=O) groups excluding carboxylic acids is 1. The molecule has 0 spiro atoms. The maximum Gasteiger partial charge on any atom is 0.134 e. The number of fused-ring (bicyclic) bond motifs is 2. The third-order valence-corrected chi connectivity index (χ3v) is 5.66. The second kappa shape index (κ2) is 5.24. The zero-order valence-corrected chi connectivity index (χ0v) is 13.4. The van der Waals surface area contributed by atoms with Gasteiger partial charge in [-0.25, -0.2) is 0 Å². The molecule has 4 rings (SSSR count). The summed E-state index contributed by atoms with van der Waals surface area (Å²) in [6, 6.07) is 7.16. The Balaban J connectivity index is 1.80. The summed E-state index contributed by atoms with van der Waals surface area (Å²) in [7, 11) is 0. The molecule has 3 atom stereocenters. The number of aromatic amines is 1. The van der Waals surface area contributed by atoms with Gasteiger partial charge in [0.1, 0.15) is 5.78 Å². The van der Waals surface area contributed by atoms with E-state index in [0.717, 1.165) is 32.4 Å². The van der Waals surface area contributed by atoms with E-state index in [-0.39, 0.29) is 5.92 Å². The van der Waals surface area contributed by atoms with E-state index in [0.29, 0.717) is 17.7 Å². The van der Waals surface area contributed by atoms with Crippen LogP contribution in [-0.4, -0.2) is 34.8 Å². The molecule has 0 amide bonds. The van der Waals surface area contributed by atoms with Gasteiger partial charge in [-0.1, -0.05) is 19.1 Å². The summed E-state index contributed by atoms with van der Waals surface area (Å²) in [4.78, 5) is 18.0. The zero-order valence-electron chi connectivity index (χ0n) is 13.4. The fourth-order valence-electron chi connectivity index (χ4n) is 4.64. The lowest BCUT2D eigenvalue weighted by Crippen LogP contribution is -2.51. The van der Waals surface area contributed by atoms with Gasteiger partial charge in [0.15, 0.2) is 0 Å². The van der Waals surface area contributed by atoms with E-state index in [4.69, 9.17) is 0 Å². The van der Waals surface area contributed by atoms with E-state index >= 15 is 0 Å². The number of nitrogens with zero attached hydrogens (tertiary/aromatic N) is 1. The van der Waals surface area contributed by atoms with Crippen molar-refractivity contribution in [2.75, 3.05) is 13.1 Å². The van der Waals surface area contributed by atoms with Gasteiger partial charge >= 0.3 is 0 Å².